The van der Waals surface area contributed by atoms with Crippen molar-refractivity contribution in [2.45, 2.75) is 0 Å². The smallest absolute Gasteiger partial charge is 0.257 e. The average molecular weight is 291 g/mol. The Labute approximate surface area is 124 Å². The average Bonchev–Trinajstić information content (AvgIpc) is 2.85. The Morgan fingerprint density at radius 3 is 2.95 bits per heavy atom. The third-order valence-electron chi connectivity index (χ3n) is 4.18. The Morgan fingerprint density at radius 1 is 1.38 bits per heavy atom. The molecule has 1 fully saturated rings. The highest BCUT2D eigenvalue weighted by Gasteiger charge is 2.25. The quantitative estimate of drug-likeness (QED) is 0.842. The molecule has 3 heterocycles. The first-order valence-electron chi connectivity index (χ1n) is 7.41. The Hall–Kier alpha value is -1.79. The fourth-order valence-electron chi connectivity index (χ4n) is 2.68. The number of ether oxygens (including phenoxy) is 2. The summed E-state index contributed by atoms with van der Waals surface area (Å²) in [6.07, 6.45) is 1.93. The zero-order chi connectivity index (χ0) is 14.7. The van der Waals surface area contributed by atoms with Gasteiger partial charge in [0.25, 0.3) is 5.88 Å². The van der Waals surface area contributed by atoms with Gasteiger partial charge in [-0.15, -0.1) is 5.10 Å². The van der Waals surface area contributed by atoms with Crippen molar-refractivity contribution in [2.75, 3.05) is 58.9 Å². The molecule has 1 N–H and O–H groups in total. The highest BCUT2D eigenvalue weighted by atomic mass is 16.5. The number of likely N-dealkylation sites (N-methyl/N-ethyl adjacent to an activating group) is 1. The molecule has 6 nitrogen and oxygen atoms in total. The SMILES string of the molecule is CNc1c(OCC[N+]2(C)CCOCC2)nn2ccccc12. The van der Waals surface area contributed by atoms with E-state index in [1.165, 1.54) is 0 Å². The number of nitrogens with zero attached hydrogens (tertiary/aromatic N) is 3. The van der Waals surface area contributed by atoms with Crippen LogP contribution >= 0.6 is 0 Å². The lowest BCUT2D eigenvalue weighted by Crippen LogP contribution is -2.53. The van der Waals surface area contributed by atoms with Gasteiger partial charge in [-0.05, 0) is 12.1 Å². The molecular formula is C15H23N4O2+. The summed E-state index contributed by atoms with van der Waals surface area (Å²) in [5.74, 6) is 0.670. The zero-order valence-electron chi connectivity index (χ0n) is 12.7. The van der Waals surface area contributed by atoms with Crippen molar-refractivity contribution in [2.24, 2.45) is 0 Å². The molecule has 0 amide bonds. The fourth-order valence-corrected chi connectivity index (χ4v) is 2.68. The number of nitrogens with one attached hydrogen (secondary N) is 1. The molecule has 114 valence electrons. The third-order valence-corrected chi connectivity index (χ3v) is 4.18. The predicted octanol–water partition coefficient (Wildman–Crippen LogP) is 1.23. The topological polar surface area (TPSA) is 47.8 Å². The molecule has 21 heavy (non-hydrogen) atoms. The van der Waals surface area contributed by atoms with Crippen LogP contribution in [0.1, 0.15) is 0 Å². The molecule has 0 atom stereocenters. The molecule has 2 aromatic rings. The van der Waals surface area contributed by atoms with E-state index < -0.39 is 0 Å². The summed E-state index contributed by atoms with van der Waals surface area (Å²) in [6.45, 7) is 5.41. The largest absolute Gasteiger partial charge is 0.469 e. The summed E-state index contributed by atoms with van der Waals surface area (Å²) in [5.41, 5.74) is 1.97. The molecule has 1 saturated heterocycles. The summed E-state index contributed by atoms with van der Waals surface area (Å²) in [7, 11) is 4.15. The van der Waals surface area contributed by atoms with Gasteiger partial charge in [0.2, 0.25) is 0 Å². The van der Waals surface area contributed by atoms with Crippen molar-refractivity contribution in [3.8, 4) is 5.88 Å². The second-order valence-electron chi connectivity index (χ2n) is 5.71. The third kappa shape index (κ3) is 2.96. The molecule has 0 aliphatic carbocycles. The number of quaternary nitrogens is 1. The van der Waals surface area contributed by atoms with Crippen LogP contribution in [0.5, 0.6) is 5.88 Å². The van der Waals surface area contributed by atoms with E-state index in [1.807, 2.05) is 36.0 Å². The maximum Gasteiger partial charge on any atom is 0.257 e. The van der Waals surface area contributed by atoms with Crippen LogP contribution in [0.4, 0.5) is 5.69 Å². The number of aromatic nitrogens is 2. The molecule has 6 heteroatoms. The number of pyridine rings is 1. The van der Waals surface area contributed by atoms with E-state index in [2.05, 4.69) is 17.5 Å². The highest BCUT2D eigenvalue weighted by Crippen LogP contribution is 2.27. The molecule has 1 aliphatic rings. The summed E-state index contributed by atoms with van der Waals surface area (Å²) < 4.78 is 14.2. The van der Waals surface area contributed by atoms with Crippen molar-refractivity contribution in [3.05, 3.63) is 24.4 Å². The van der Waals surface area contributed by atoms with Crippen LogP contribution in [0.15, 0.2) is 24.4 Å². The molecule has 0 aromatic carbocycles. The molecule has 0 spiro atoms. The first kappa shape index (κ1) is 14.2. The molecule has 2 aromatic heterocycles. The van der Waals surface area contributed by atoms with E-state index in [0.717, 1.165) is 48.5 Å². The Kier molecular flexibility index (Phi) is 3.98. The van der Waals surface area contributed by atoms with Gasteiger partial charge in [0.15, 0.2) is 0 Å². The first-order valence-corrected chi connectivity index (χ1v) is 7.41. The van der Waals surface area contributed by atoms with Gasteiger partial charge in [-0.3, -0.25) is 0 Å². The Balaban J connectivity index is 1.67. The van der Waals surface area contributed by atoms with Crippen LogP contribution in [-0.2, 0) is 4.74 Å². The molecular weight excluding hydrogens is 268 g/mol. The Morgan fingerprint density at radius 2 is 2.19 bits per heavy atom. The minimum absolute atomic E-state index is 0.662. The van der Waals surface area contributed by atoms with Crippen LogP contribution in [0.2, 0.25) is 0 Å². The van der Waals surface area contributed by atoms with E-state index in [9.17, 15) is 0 Å². The van der Waals surface area contributed by atoms with Crippen LogP contribution < -0.4 is 10.1 Å². The molecule has 3 rings (SSSR count). The minimum atomic E-state index is 0.662. The van der Waals surface area contributed by atoms with Crippen molar-refractivity contribution in [1.29, 1.82) is 0 Å². The maximum atomic E-state index is 5.93. The number of morpholine rings is 1. The zero-order valence-corrected chi connectivity index (χ0v) is 12.7. The maximum absolute atomic E-state index is 5.93. The van der Waals surface area contributed by atoms with Crippen molar-refractivity contribution < 1.29 is 14.0 Å². The lowest BCUT2D eigenvalue weighted by atomic mass is 10.3. The summed E-state index contributed by atoms with van der Waals surface area (Å²) in [4.78, 5) is 0. The van der Waals surface area contributed by atoms with E-state index in [1.54, 1.807) is 0 Å². The second-order valence-corrected chi connectivity index (χ2v) is 5.71. The molecule has 1 aliphatic heterocycles. The molecule has 0 unspecified atom stereocenters. The van der Waals surface area contributed by atoms with E-state index >= 15 is 0 Å². The van der Waals surface area contributed by atoms with Gasteiger partial charge in [0.1, 0.15) is 31.9 Å². The van der Waals surface area contributed by atoms with Gasteiger partial charge in [-0.25, -0.2) is 4.52 Å². The van der Waals surface area contributed by atoms with E-state index in [0.29, 0.717) is 12.5 Å². The Bertz CT molecular complexity index is 605. The number of hydrogen-bond donors (Lipinski definition) is 1. The van der Waals surface area contributed by atoms with E-state index in [4.69, 9.17) is 9.47 Å². The number of fused-ring (bicyclic) bond motifs is 1. The van der Waals surface area contributed by atoms with Gasteiger partial charge in [0, 0.05) is 13.2 Å². The van der Waals surface area contributed by atoms with Crippen molar-refractivity contribution in [3.63, 3.8) is 0 Å². The van der Waals surface area contributed by atoms with Crippen LogP contribution in [-0.4, -0.2) is 67.6 Å². The predicted molar refractivity (Wildman–Crippen MR) is 81.8 cm³/mol. The normalized spacial score (nSPS) is 17.8. The lowest BCUT2D eigenvalue weighted by molar-refractivity contribution is -0.916. The van der Waals surface area contributed by atoms with Gasteiger partial charge < -0.3 is 19.3 Å². The summed E-state index contributed by atoms with van der Waals surface area (Å²) in [6, 6.07) is 5.99. The van der Waals surface area contributed by atoms with Gasteiger partial charge in [0.05, 0.1) is 25.8 Å². The summed E-state index contributed by atoms with van der Waals surface area (Å²) >= 11 is 0. The molecule has 0 saturated carbocycles. The minimum Gasteiger partial charge on any atom is -0.469 e. The summed E-state index contributed by atoms with van der Waals surface area (Å²) in [5, 5.41) is 7.67. The number of hydrogen-bond acceptors (Lipinski definition) is 4. The van der Waals surface area contributed by atoms with Crippen LogP contribution in [0.25, 0.3) is 5.52 Å². The number of anilines is 1. The monoisotopic (exact) mass is 291 g/mol. The van der Waals surface area contributed by atoms with Crippen LogP contribution in [0.3, 0.4) is 0 Å². The second kappa shape index (κ2) is 5.91. The van der Waals surface area contributed by atoms with Gasteiger partial charge >= 0.3 is 0 Å². The fraction of sp³-hybridized carbons (Fsp3) is 0.533. The lowest BCUT2D eigenvalue weighted by Gasteiger charge is -2.37. The van der Waals surface area contributed by atoms with Gasteiger partial charge in [-0.1, -0.05) is 6.07 Å². The van der Waals surface area contributed by atoms with Crippen molar-refractivity contribution in [1.82, 2.24) is 9.61 Å². The highest BCUT2D eigenvalue weighted by molar-refractivity contribution is 5.76. The van der Waals surface area contributed by atoms with Gasteiger partial charge in [-0.2, -0.15) is 0 Å². The van der Waals surface area contributed by atoms with Crippen LogP contribution in [0, 0.1) is 0 Å². The molecule has 0 radical (unpaired) electrons. The number of rotatable bonds is 5. The van der Waals surface area contributed by atoms with E-state index in [-0.39, 0.29) is 0 Å². The van der Waals surface area contributed by atoms with Crippen molar-refractivity contribution >= 4 is 11.2 Å². The standard InChI is InChI=1S/C15H23N4O2/c1-16-14-13-5-3-4-6-18(13)17-15(14)21-12-9-19(2)7-10-20-11-8-19/h3-6,16H,7-12H2,1-2H3/q+1. The molecule has 0 bridgehead atoms. The first-order chi connectivity index (χ1) is 10.2.